The lowest BCUT2D eigenvalue weighted by Gasteiger charge is -2.18. The van der Waals surface area contributed by atoms with Gasteiger partial charge in [0.2, 0.25) is 10.0 Å². The lowest BCUT2D eigenvalue weighted by Crippen LogP contribution is -2.20. The smallest absolute Gasteiger partial charge is 0.293 e. The molecule has 0 amide bonds. The molecule has 2 aromatic rings. The average molecular weight is 325 g/mol. The number of anilines is 1. The zero-order valence-electron chi connectivity index (χ0n) is 12.0. The monoisotopic (exact) mass is 325 g/mol. The standard InChI is InChI=1S/C13H15N3O5S/c1-14-22(19,20)11-5-6-12(13(8-11)16(17)18)15(2)9-10-4-3-7-21-10/h3-8,14H,9H2,1-2H3. The lowest BCUT2D eigenvalue weighted by molar-refractivity contribution is -0.384. The first-order valence-electron chi connectivity index (χ1n) is 6.30. The predicted molar refractivity (Wildman–Crippen MR) is 80.2 cm³/mol. The molecule has 0 saturated heterocycles. The molecule has 118 valence electrons. The Kier molecular flexibility index (Phi) is 4.48. The van der Waals surface area contributed by atoms with Crippen molar-refractivity contribution in [2.75, 3.05) is 19.0 Å². The van der Waals surface area contributed by atoms with Crippen molar-refractivity contribution in [3.8, 4) is 0 Å². The van der Waals surface area contributed by atoms with E-state index < -0.39 is 14.9 Å². The fourth-order valence-corrected chi connectivity index (χ4v) is 2.73. The Morgan fingerprint density at radius 2 is 2.09 bits per heavy atom. The van der Waals surface area contributed by atoms with Crippen LogP contribution in [0.1, 0.15) is 5.76 Å². The Balaban J connectivity index is 2.41. The van der Waals surface area contributed by atoms with Crippen LogP contribution in [0, 0.1) is 10.1 Å². The number of nitrogens with one attached hydrogen (secondary N) is 1. The Hall–Kier alpha value is -2.39. The van der Waals surface area contributed by atoms with Gasteiger partial charge in [-0.2, -0.15) is 0 Å². The maximum Gasteiger partial charge on any atom is 0.293 e. The van der Waals surface area contributed by atoms with Gasteiger partial charge in [0.1, 0.15) is 11.4 Å². The highest BCUT2D eigenvalue weighted by Crippen LogP contribution is 2.30. The van der Waals surface area contributed by atoms with E-state index in [4.69, 9.17) is 4.42 Å². The third-order valence-corrected chi connectivity index (χ3v) is 4.52. The average Bonchev–Trinajstić information content (AvgIpc) is 2.99. The highest BCUT2D eigenvalue weighted by Gasteiger charge is 2.22. The van der Waals surface area contributed by atoms with Crippen LogP contribution in [0.15, 0.2) is 45.9 Å². The Morgan fingerprint density at radius 1 is 1.36 bits per heavy atom. The largest absolute Gasteiger partial charge is 0.467 e. The van der Waals surface area contributed by atoms with Gasteiger partial charge in [0.25, 0.3) is 5.69 Å². The fourth-order valence-electron chi connectivity index (χ4n) is 1.98. The minimum absolute atomic E-state index is 0.156. The van der Waals surface area contributed by atoms with E-state index in [1.807, 2.05) is 0 Å². The molecule has 2 rings (SSSR count). The van der Waals surface area contributed by atoms with Crippen LogP contribution in [0.5, 0.6) is 0 Å². The molecule has 0 fully saturated rings. The molecule has 0 spiro atoms. The molecule has 0 bridgehead atoms. The first kappa shape index (κ1) is 16.0. The molecule has 8 nitrogen and oxygen atoms in total. The molecule has 1 aromatic carbocycles. The van der Waals surface area contributed by atoms with Gasteiger partial charge in [-0.3, -0.25) is 10.1 Å². The zero-order valence-corrected chi connectivity index (χ0v) is 12.8. The molecule has 0 radical (unpaired) electrons. The van der Waals surface area contributed by atoms with Gasteiger partial charge in [-0.1, -0.05) is 0 Å². The van der Waals surface area contributed by atoms with Gasteiger partial charge in [-0.25, -0.2) is 13.1 Å². The predicted octanol–water partition coefficient (Wildman–Crippen LogP) is 1.73. The first-order chi connectivity index (χ1) is 10.3. The minimum atomic E-state index is -3.74. The number of nitro benzene ring substituents is 1. The van der Waals surface area contributed by atoms with E-state index >= 15 is 0 Å². The summed E-state index contributed by atoms with van der Waals surface area (Å²) in [4.78, 5) is 12.1. The topological polar surface area (TPSA) is 106 Å². The van der Waals surface area contributed by atoms with Crippen molar-refractivity contribution >= 4 is 21.4 Å². The van der Waals surface area contributed by atoms with Crippen molar-refractivity contribution in [1.29, 1.82) is 0 Å². The van der Waals surface area contributed by atoms with E-state index in [-0.39, 0.29) is 10.6 Å². The van der Waals surface area contributed by atoms with E-state index in [1.54, 1.807) is 24.1 Å². The lowest BCUT2D eigenvalue weighted by atomic mass is 10.2. The Labute approximate surface area is 127 Å². The first-order valence-corrected chi connectivity index (χ1v) is 7.79. The summed E-state index contributed by atoms with van der Waals surface area (Å²) in [6.45, 7) is 0.325. The molecule has 22 heavy (non-hydrogen) atoms. The fraction of sp³-hybridized carbons (Fsp3) is 0.231. The summed E-state index contributed by atoms with van der Waals surface area (Å²) in [6.07, 6.45) is 1.51. The molecule has 1 aromatic heterocycles. The normalized spacial score (nSPS) is 11.4. The number of hydrogen-bond donors (Lipinski definition) is 1. The van der Waals surface area contributed by atoms with E-state index in [9.17, 15) is 18.5 Å². The quantitative estimate of drug-likeness (QED) is 0.640. The van der Waals surface area contributed by atoms with Crippen LogP contribution in [0.4, 0.5) is 11.4 Å². The summed E-state index contributed by atoms with van der Waals surface area (Å²) < 4.78 is 30.8. The summed E-state index contributed by atoms with van der Waals surface area (Å²) in [6, 6.07) is 7.25. The van der Waals surface area contributed by atoms with Crippen LogP contribution in [0.2, 0.25) is 0 Å². The van der Waals surface area contributed by atoms with Crippen LogP contribution in [0.25, 0.3) is 0 Å². The third kappa shape index (κ3) is 3.26. The zero-order chi connectivity index (χ0) is 16.3. The summed E-state index contributed by atoms with van der Waals surface area (Å²) in [5.74, 6) is 0.642. The maximum atomic E-state index is 11.8. The van der Waals surface area contributed by atoms with Crippen LogP contribution < -0.4 is 9.62 Å². The van der Waals surface area contributed by atoms with Gasteiger partial charge < -0.3 is 9.32 Å². The number of nitrogens with zero attached hydrogens (tertiary/aromatic N) is 2. The molecule has 0 saturated carbocycles. The summed E-state index contributed by atoms with van der Waals surface area (Å²) in [5, 5.41) is 11.2. The third-order valence-electron chi connectivity index (χ3n) is 3.11. The molecule has 9 heteroatoms. The minimum Gasteiger partial charge on any atom is -0.467 e. The molecule has 1 heterocycles. The van der Waals surface area contributed by atoms with Crippen molar-refractivity contribution in [2.24, 2.45) is 0 Å². The second kappa shape index (κ2) is 6.16. The van der Waals surface area contributed by atoms with Crippen LogP contribution in [-0.4, -0.2) is 27.4 Å². The van der Waals surface area contributed by atoms with Gasteiger partial charge in [0.15, 0.2) is 0 Å². The maximum absolute atomic E-state index is 11.8. The van der Waals surface area contributed by atoms with Gasteiger partial charge in [-0.15, -0.1) is 0 Å². The number of nitro groups is 1. The van der Waals surface area contributed by atoms with E-state index in [2.05, 4.69) is 4.72 Å². The van der Waals surface area contributed by atoms with Crippen molar-refractivity contribution < 1.29 is 17.8 Å². The Bertz CT molecular complexity index is 771. The molecular weight excluding hydrogens is 310 g/mol. The van der Waals surface area contributed by atoms with Crippen LogP contribution in [-0.2, 0) is 16.6 Å². The van der Waals surface area contributed by atoms with Crippen LogP contribution >= 0.6 is 0 Å². The highest BCUT2D eigenvalue weighted by molar-refractivity contribution is 7.89. The van der Waals surface area contributed by atoms with Gasteiger partial charge >= 0.3 is 0 Å². The van der Waals surface area contributed by atoms with E-state index in [0.717, 1.165) is 6.07 Å². The van der Waals surface area contributed by atoms with Crippen molar-refractivity contribution in [2.45, 2.75) is 11.4 Å². The Morgan fingerprint density at radius 3 is 2.64 bits per heavy atom. The second-order valence-electron chi connectivity index (χ2n) is 4.55. The van der Waals surface area contributed by atoms with Gasteiger partial charge in [0.05, 0.1) is 22.6 Å². The van der Waals surface area contributed by atoms with Crippen LogP contribution in [0.3, 0.4) is 0 Å². The summed E-state index contributed by atoms with van der Waals surface area (Å²) in [7, 11) is -0.826. The SMILES string of the molecule is CNS(=O)(=O)c1ccc(N(C)Cc2ccco2)c([N+](=O)[O-])c1. The molecule has 1 N–H and O–H groups in total. The molecular formula is C13H15N3O5S. The molecule has 0 atom stereocenters. The van der Waals surface area contributed by atoms with Crippen molar-refractivity contribution in [3.63, 3.8) is 0 Å². The molecule has 0 unspecified atom stereocenters. The second-order valence-corrected chi connectivity index (χ2v) is 6.44. The summed E-state index contributed by atoms with van der Waals surface area (Å²) in [5.41, 5.74) is 0.0156. The van der Waals surface area contributed by atoms with Gasteiger partial charge in [0, 0.05) is 13.1 Å². The van der Waals surface area contributed by atoms with E-state index in [0.29, 0.717) is 18.0 Å². The molecule has 0 aliphatic carbocycles. The summed E-state index contributed by atoms with van der Waals surface area (Å²) >= 11 is 0. The number of hydrogen-bond acceptors (Lipinski definition) is 6. The number of sulfonamides is 1. The highest BCUT2D eigenvalue weighted by atomic mass is 32.2. The van der Waals surface area contributed by atoms with Gasteiger partial charge in [-0.05, 0) is 31.3 Å². The molecule has 0 aliphatic heterocycles. The number of furan rings is 1. The van der Waals surface area contributed by atoms with Crippen molar-refractivity contribution in [1.82, 2.24) is 4.72 Å². The number of rotatable bonds is 6. The molecule has 0 aliphatic rings. The number of benzene rings is 1. The van der Waals surface area contributed by atoms with E-state index in [1.165, 1.54) is 25.4 Å². The van der Waals surface area contributed by atoms with Crippen molar-refractivity contribution in [3.05, 3.63) is 52.5 Å².